The number of benzene rings is 1. The summed E-state index contributed by atoms with van der Waals surface area (Å²) >= 11 is 0. The minimum Gasteiger partial charge on any atom is -0.506 e. The Balaban J connectivity index is 2.91. The molecule has 2 aromatic rings. The van der Waals surface area contributed by atoms with Crippen molar-refractivity contribution < 1.29 is 5.11 Å². The number of nitrogens with two attached hydrogens (primary N) is 1. The standard InChI is InChI=1S/C9H8N2O/c10-8-7(12)4-3-6-2-1-5-11-9(6)8/h1-5,12H,10H2. The second-order valence-electron chi connectivity index (χ2n) is 2.57. The number of hydrogen-bond donors (Lipinski definition) is 2. The van der Waals surface area contributed by atoms with Gasteiger partial charge in [0, 0.05) is 11.6 Å². The summed E-state index contributed by atoms with van der Waals surface area (Å²) in [6, 6.07) is 7.09. The Hall–Kier alpha value is -1.77. The van der Waals surface area contributed by atoms with Crippen LogP contribution >= 0.6 is 0 Å². The van der Waals surface area contributed by atoms with Crippen LogP contribution < -0.4 is 5.73 Å². The van der Waals surface area contributed by atoms with E-state index in [0.29, 0.717) is 11.2 Å². The fourth-order valence-corrected chi connectivity index (χ4v) is 1.16. The molecule has 1 heterocycles. The van der Waals surface area contributed by atoms with Crippen LogP contribution in [0.3, 0.4) is 0 Å². The summed E-state index contributed by atoms with van der Waals surface area (Å²) in [5.74, 6) is 0.0844. The van der Waals surface area contributed by atoms with Crippen LogP contribution in [-0.4, -0.2) is 10.1 Å². The van der Waals surface area contributed by atoms with Crippen LogP contribution in [0.4, 0.5) is 5.69 Å². The highest BCUT2D eigenvalue weighted by atomic mass is 16.3. The lowest BCUT2D eigenvalue weighted by atomic mass is 10.2. The predicted octanol–water partition coefficient (Wildman–Crippen LogP) is 1.52. The first kappa shape index (κ1) is 6.91. The van der Waals surface area contributed by atoms with E-state index in [1.54, 1.807) is 18.3 Å². The van der Waals surface area contributed by atoms with Crippen molar-refractivity contribution in [2.75, 3.05) is 5.73 Å². The molecule has 0 aliphatic carbocycles. The zero-order valence-electron chi connectivity index (χ0n) is 6.36. The highest BCUT2D eigenvalue weighted by molar-refractivity contribution is 5.92. The van der Waals surface area contributed by atoms with E-state index in [2.05, 4.69) is 4.98 Å². The molecular formula is C9H8N2O. The van der Waals surface area contributed by atoms with Gasteiger partial charge in [0.2, 0.25) is 0 Å². The molecule has 0 saturated carbocycles. The number of aromatic hydroxyl groups is 1. The van der Waals surface area contributed by atoms with Crippen LogP contribution in [-0.2, 0) is 0 Å². The average molecular weight is 160 g/mol. The molecule has 1 aromatic carbocycles. The van der Waals surface area contributed by atoms with Gasteiger partial charge in [-0.15, -0.1) is 0 Å². The number of anilines is 1. The van der Waals surface area contributed by atoms with Gasteiger partial charge >= 0.3 is 0 Å². The van der Waals surface area contributed by atoms with E-state index in [9.17, 15) is 5.11 Å². The molecule has 0 spiro atoms. The molecular weight excluding hydrogens is 152 g/mol. The van der Waals surface area contributed by atoms with Gasteiger partial charge in [-0.2, -0.15) is 0 Å². The highest BCUT2D eigenvalue weighted by Crippen LogP contribution is 2.26. The Morgan fingerprint density at radius 3 is 2.92 bits per heavy atom. The Kier molecular flexibility index (Phi) is 1.37. The third-order valence-electron chi connectivity index (χ3n) is 1.79. The minimum atomic E-state index is 0.0844. The summed E-state index contributed by atoms with van der Waals surface area (Å²) in [7, 11) is 0. The van der Waals surface area contributed by atoms with E-state index in [-0.39, 0.29) is 5.75 Å². The number of nitrogens with zero attached hydrogens (tertiary/aromatic N) is 1. The number of hydrogen-bond acceptors (Lipinski definition) is 3. The molecule has 0 fully saturated rings. The lowest BCUT2D eigenvalue weighted by molar-refractivity contribution is 0.478. The smallest absolute Gasteiger partial charge is 0.140 e. The van der Waals surface area contributed by atoms with Crippen molar-refractivity contribution in [3.05, 3.63) is 30.5 Å². The molecule has 0 amide bonds. The molecule has 0 aliphatic rings. The van der Waals surface area contributed by atoms with Crippen molar-refractivity contribution in [3.63, 3.8) is 0 Å². The van der Waals surface area contributed by atoms with Crippen LogP contribution in [0.1, 0.15) is 0 Å². The first-order valence-corrected chi connectivity index (χ1v) is 3.61. The molecule has 0 unspecified atom stereocenters. The average Bonchev–Trinajstić information content (AvgIpc) is 2.12. The second kappa shape index (κ2) is 2.37. The van der Waals surface area contributed by atoms with Crippen molar-refractivity contribution in [2.24, 2.45) is 0 Å². The van der Waals surface area contributed by atoms with Gasteiger partial charge in [-0.25, -0.2) is 0 Å². The molecule has 1 aromatic heterocycles. The molecule has 0 atom stereocenters. The largest absolute Gasteiger partial charge is 0.506 e. The van der Waals surface area contributed by atoms with Gasteiger partial charge in [-0.3, -0.25) is 4.98 Å². The number of rotatable bonds is 0. The summed E-state index contributed by atoms with van der Waals surface area (Å²) in [5, 5.41) is 10.2. The van der Waals surface area contributed by atoms with Crippen molar-refractivity contribution in [1.82, 2.24) is 4.98 Å². The van der Waals surface area contributed by atoms with Gasteiger partial charge in [0.1, 0.15) is 11.4 Å². The first-order chi connectivity index (χ1) is 5.79. The Bertz CT molecular complexity index is 426. The molecule has 0 aliphatic heterocycles. The minimum absolute atomic E-state index is 0.0844. The number of nitrogen functional groups attached to an aromatic ring is 1. The molecule has 0 saturated heterocycles. The zero-order valence-corrected chi connectivity index (χ0v) is 6.36. The third-order valence-corrected chi connectivity index (χ3v) is 1.79. The fraction of sp³-hybridized carbons (Fsp3) is 0. The zero-order chi connectivity index (χ0) is 8.55. The second-order valence-corrected chi connectivity index (χ2v) is 2.57. The number of phenols is 1. The van der Waals surface area contributed by atoms with Gasteiger partial charge in [0.05, 0.1) is 5.52 Å². The predicted molar refractivity (Wildman–Crippen MR) is 47.8 cm³/mol. The van der Waals surface area contributed by atoms with Crippen LogP contribution in [0.25, 0.3) is 10.9 Å². The molecule has 12 heavy (non-hydrogen) atoms. The van der Waals surface area contributed by atoms with Gasteiger partial charge in [0.25, 0.3) is 0 Å². The van der Waals surface area contributed by atoms with E-state index in [4.69, 9.17) is 5.73 Å². The molecule has 3 nitrogen and oxygen atoms in total. The lowest BCUT2D eigenvalue weighted by Gasteiger charge is -2.01. The maximum atomic E-state index is 9.25. The Labute approximate surface area is 69.5 Å². The third kappa shape index (κ3) is 0.871. The van der Waals surface area contributed by atoms with Gasteiger partial charge < -0.3 is 10.8 Å². The molecule has 3 N–H and O–H groups in total. The summed E-state index contributed by atoms with van der Waals surface area (Å²) in [6.07, 6.45) is 1.65. The maximum absolute atomic E-state index is 9.25. The molecule has 3 heteroatoms. The number of aromatic nitrogens is 1. The quantitative estimate of drug-likeness (QED) is 0.453. The van der Waals surface area contributed by atoms with E-state index < -0.39 is 0 Å². The van der Waals surface area contributed by atoms with E-state index in [1.807, 2.05) is 12.1 Å². The maximum Gasteiger partial charge on any atom is 0.140 e. The molecule has 0 bridgehead atoms. The number of phenolic OH excluding ortho intramolecular Hbond substituents is 1. The first-order valence-electron chi connectivity index (χ1n) is 3.61. The summed E-state index contributed by atoms with van der Waals surface area (Å²) < 4.78 is 0. The van der Waals surface area contributed by atoms with Crippen LogP contribution in [0.15, 0.2) is 30.5 Å². The van der Waals surface area contributed by atoms with Gasteiger partial charge in [-0.1, -0.05) is 6.07 Å². The summed E-state index contributed by atoms with van der Waals surface area (Å²) in [5.41, 5.74) is 6.60. The normalized spacial score (nSPS) is 10.3. The van der Waals surface area contributed by atoms with Gasteiger partial charge in [-0.05, 0) is 18.2 Å². The Morgan fingerprint density at radius 2 is 2.08 bits per heavy atom. The van der Waals surface area contributed by atoms with Crippen LogP contribution in [0, 0.1) is 0 Å². The summed E-state index contributed by atoms with van der Waals surface area (Å²) in [6.45, 7) is 0. The van der Waals surface area contributed by atoms with E-state index >= 15 is 0 Å². The Morgan fingerprint density at radius 1 is 1.25 bits per heavy atom. The number of pyridine rings is 1. The SMILES string of the molecule is Nc1c(O)ccc2cccnc12. The van der Waals surface area contributed by atoms with Gasteiger partial charge in [0.15, 0.2) is 0 Å². The summed E-state index contributed by atoms with van der Waals surface area (Å²) in [4.78, 5) is 4.06. The number of fused-ring (bicyclic) bond motifs is 1. The topological polar surface area (TPSA) is 59.1 Å². The van der Waals surface area contributed by atoms with Crippen molar-refractivity contribution in [2.45, 2.75) is 0 Å². The van der Waals surface area contributed by atoms with Crippen LogP contribution in [0.2, 0.25) is 0 Å². The van der Waals surface area contributed by atoms with Crippen LogP contribution in [0.5, 0.6) is 5.75 Å². The van der Waals surface area contributed by atoms with E-state index in [0.717, 1.165) is 5.39 Å². The molecule has 2 rings (SSSR count). The van der Waals surface area contributed by atoms with Crippen molar-refractivity contribution >= 4 is 16.6 Å². The van der Waals surface area contributed by atoms with Crippen molar-refractivity contribution in [1.29, 1.82) is 0 Å². The molecule has 0 radical (unpaired) electrons. The lowest BCUT2D eigenvalue weighted by Crippen LogP contribution is -1.89. The molecule has 60 valence electrons. The monoisotopic (exact) mass is 160 g/mol. The fourth-order valence-electron chi connectivity index (χ4n) is 1.16. The van der Waals surface area contributed by atoms with Crippen molar-refractivity contribution in [3.8, 4) is 5.75 Å². The van der Waals surface area contributed by atoms with E-state index in [1.165, 1.54) is 0 Å². The highest BCUT2D eigenvalue weighted by Gasteiger charge is 2.01.